The van der Waals surface area contributed by atoms with E-state index in [1.807, 2.05) is 31.2 Å². The number of aliphatic hydroxyl groups excluding tert-OH is 1. The third-order valence-electron chi connectivity index (χ3n) is 3.18. The molecule has 1 heterocycles. The number of aryl methyl sites for hydroxylation is 1. The van der Waals surface area contributed by atoms with Gasteiger partial charge in [-0.05, 0) is 55.2 Å². The van der Waals surface area contributed by atoms with Crippen LogP contribution in [0.5, 0.6) is 5.75 Å². The van der Waals surface area contributed by atoms with E-state index >= 15 is 0 Å². The molecule has 0 fully saturated rings. The van der Waals surface area contributed by atoms with E-state index < -0.39 is 0 Å². The lowest BCUT2D eigenvalue weighted by molar-refractivity contribution is 0.185. The van der Waals surface area contributed by atoms with E-state index in [9.17, 15) is 5.11 Å². The second kappa shape index (κ2) is 7.65. The summed E-state index contributed by atoms with van der Waals surface area (Å²) in [5, 5.41) is 9.26. The molecule has 0 bridgehead atoms. The van der Waals surface area contributed by atoms with E-state index in [1.165, 1.54) is 11.1 Å². The molecule has 0 saturated heterocycles. The highest BCUT2D eigenvalue weighted by Gasteiger charge is 1.99. The monoisotopic (exact) mass is 271 g/mol. The second-order valence-corrected chi connectivity index (χ2v) is 4.99. The van der Waals surface area contributed by atoms with Crippen molar-refractivity contribution in [1.82, 2.24) is 4.98 Å². The van der Waals surface area contributed by atoms with Gasteiger partial charge in [0.2, 0.25) is 0 Å². The van der Waals surface area contributed by atoms with Gasteiger partial charge in [-0.1, -0.05) is 12.1 Å². The van der Waals surface area contributed by atoms with Crippen molar-refractivity contribution in [3.63, 3.8) is 0 Å². The van der Waals surface area contributed by atoms with Crippen molar-refractivity contribution in [3.8, 4) is 5.75 Å². The van der Waals surface area contributed by atoms with Crippen molar-refractivity contribution >= 4 is 0 Å². The Morgan fingerprint density at radius 3 is 2.30 bits per heavy atom. The number of hydrogen-bond acceptors (Lipinski definition) is 3. The number of aliphatic hydroxyl groups is 1. The van der Waals surface area contributed by atoms with Crippen LogP contribution in [0, 0.1) is 0 Å². The van der Waals surface area contributed by atoms with E-state index in [1.54, 1.807) is 12.4 Å². The normalized spacial score (nSPS) is 12.1. The van der Waals surface area contributed by atoms with Crippen LogP contribution in [0.15, 0.2) is 48.8 Å². The molecule has 0 aliphatic carbocycles. The van der Waals surface area contributed by atoms with Gasteiger partial charge < -0.3 is 9.84 Å². The average Bonchev–Trinajstić information content (AvgIpc) is 2.47. The van der Waals surface area contributed by atoms with E-state index in [0.717, 1.165) is 25.0 Å². The maximum atomic E-state index is 9.26. The fourth-order valence-corrected chi connectivity index (χ4v) is 1.96. The minimum atomic E-state index is -0.244. The molecule has 106 valence electrons. The van der Waals surface area contributed by atoms with Crippen molar-refractivity contribution in [2.75, 3.05) is 6.61 Å². The summed E-state index contributed by atoms with van der Waals surface area (Å²) >= 11 is 0. The largest absolute Gasteiger partial charge is 0.493 e. The first-order chi connectivity index (χ1) is 9.74. The Balaban J connectivity index is 1.76. The molecule has 20 heavy (non-hydrogen) atoms. The number of rotatable bonds is 7. The molecule has 2 aromatic rings. The smallest absolute Gasteiger partial charge is 0.119 e. The molecule has 3 nitrogen and oxygen atoms in total. The van der Waals surface area contributed by atoms with Crippen LogP contribution in [0.2, 0.25) is 0 Å². The first kappa shape index (κ1) is 14.5. The Kier molecular flexibility index (Phi) is 5.56. The molecule has 1 N–H and O–H groups in total. The number of nitrogens with zero attached hydrogens (tertiary/aromatic N) is 1. The molecule has 0 spiro atoms. The van der Waals surface area contributed by atoms with E-state index in [0.29, 0.717) is 6.61 Å². The highest BCUT2D eigenvalue weighted by atomic mass is 16.5. The highest BCUT2D eigenvalue weighted by molar-refractivity contribution is 5.27. The molecule has 1 unspecified atom stereocenters. The van der Waals surface area contributed by atoms with Gasteiger partial charge in [0.15, 0.2) is 0 Å². The van der Waals surface area contributed by atoms with E-state index in [4.69, 9.17) is 4.74 Å². The maximum Gasteiger partial charge on any atom is 0.119 e. The summed E-state index contributed by atoms with van der Waals surface area (Å²) < 4.78 is 5.72. The first-order valence-electron chi connectivity index (χ1n) is 7.03. The summed E-state index contributed by atoms with van der Waals surface area (Å²) in [5.41, 5.74) is 2.46. The number of ether oxygens (including phenoxy) is 1. The zero-order valence-electron chi connectivity index (χ0n) is 11.8. The Morgan fingerprint density at radius 2 is 1.65 bits per heavy atom. The van der Waals surface area contributed by atoms with Crippen LogP contribution < -0.4 is 4.74 Å². The topological polar surface area (TPSA) is 42.4 Å². The third kappa shape index (κ3) is 5.02. The molecular weight excluding hydrogens is 250 g/mol. The van der Waals surface area contributed by atoms with Gasteiger partial charge in [0.25, 0.3) is 0 Å². The van der Waals surface area contributed by atoms with Crippen molar-refractivity contribution < 1.29 is 9.84 Å². The van der Waals surface area contributed by atoms with Crippen LogP contribution in [0.1, 0.15) is 24.5 Å². The molecule has 1 aromatic carbocycles. The Labute approximate surface area is 120 Å². The van der Waals surface area contributed by atoms with Crippen LogP contribution in [-0.4, -0.2) is 22.8 Å². The summed E-state index contributed by atoms with van der Waals surface area (Å²) in [7, 11) is 0. The van der Waals surface area contributed by atoms with Gasteiger partial charge in [0.1, 0.15) is 5.75 Å². The number of hydrogen-bond donors (Lipinski definition) is 1. The van der Waals surface area contributed by atoms with Gasteiger partial charge in [0, 0.05) is 18.8 Å². The first-order valence-corrected chi connectivity index (χ1v) is 7.03. The van der Waals surface area contributed by atoms with Gasteiger partial charge in [-0.15, -0.1) is 0 Å². The number of benzene rings is 1. The molecule has 0 amide bonds. The highest BCUT2D eigenvalue weighted by Crippen LogP contribution is 2.14. The average molecular weight is 271 g/mol. The van der Waals surface area contributed by atoms with Crippen molar-refractivity contribution in [3.05, 3.63) is 59.9 Å². The minimum Gasteiger partial charge on any atom is -0.493 e. The lowest BCUT2D eigenvalue weighted by Gasteiger charge is -2.08. The number of pyridine rings is 1. The predicted octanol–water partition coefficient (Wildman–Crippen LogP) is 3.02. The van der Waals surface area contributed by atoms with Gasteiger partial charge in [-0.2, -0.15) is 0 Å². The van der Waals surface area contributed by atoms with Crippen molar-refractivity contribution in [2.45, 2.75) is 32.3 Å². The summed E-state index contributed by atoms with van der Waals surface area (Å²) in [5.74, 6) is 0.889. The van der Waals surface area contributed by atoms with E-state index in [-0.39, 0.29) is 6.10 Å². The van der Waals surface area contributed by atoms with Crippen molar-refractivity contribution in [2.24, 2.45) is 0 Å². The molecular formula is C17H21NO2. The number of aromatic nitrogens is 1. The van der Waals surface area contributed by atoms with Crippen LogP contribution in [0.4, 0.5) is 0 Å². The fraction of sp³-hybridized carbons (Fsp3) is 0.353. The van der Waals surface area contributed by atoms with Gasteiger partial charge in [0.05, 0.1) is 12.7 Å². The molecule has 1 aromatic heterocycles. The summed E-state index contributed by atoms with van der Waals surface area (Å²) in [6.45, 7) is 2.48. The van der Waals surface area contributed by atoms with Crippen LogP contribution in [0.3, 0.4) is 0 Å². The molecule has 2 rings (SSSR count). The molecule has 0 aliphatic heterocycles. The van der Waals surface area contributed by atoms with E-state index in [2.05, 4.69) is 17.1 Å². The maximum absolute atomic E-state index is 9.26. The lowest BCUT2D eigenvalue weighted by atomic mass is 10.1. The van der Waals surface area contributed by atoms with Crippen LogP contribution >= 0.6 is 0 Å². The second-order valence-electron chi connectivity index (χ2n) is 4.99. The molecule has 0 radical (unpaired) electrons. The zero-order chi connectivity index (χ0) is 14.2. The quantitative estimate of drug-likeness (QED) is 0.841. The van der Waals surface area contributed by atoms with Gasteiger partial charge in [-0.3, -0.25) is 4.98 Å². The van der Waals surface area contributed by atoms with Gasteiger partial charge in [-0.25, -0.2) is 0 Å². The van der Waals surface area contributed by atoms with Crippen LogP contribution in [-0.2, 0) is 12.8 Å². The third-order valence-corrected chi connectivity index (χ3v) is 3.18. The fourth-order valence-electron chi connectivity index (χ4n) is 1.96. The standard InChI is InChI=1S/C17H21NO2/c1-14(19)2-3-15-4-6-17(7-5-15)20-13-10-16-8-11-18-12-9-16/h4-9,11-12,14,19H,2-3,10,13H2,1H3. The molecule has 0 saturated carbocycles. The summed E-state index contributed by atoms with van der Waals surface area (Å²) in [6.07, 6.45) is 5.92. The molecule has 0 aliphatic rings. The van der Waals surface area contributed by atoms with Crippen molar-refractivity contribution in [1.29, 1.82) is 0 Å². The SMILES string of the molecule is CC(O)CCc1ccc(OCCc2ccncc2)cc1. The minimum absolute atomic E-state index is 0.244. The van der Waals surface area contributed by atoms with Gasteiger partial charge >= 0.3 is 0 Å². The Bertz CT molecular complexity index is 494. The van der Waals surface area contributed by atoms with Crippen LogP contribution in [0.25, 0.3) is 0 Å². The predicted molar refractivity (Wildman–Crippen MR) is 79.9 cm³/mol. The Morgan fingerprint density at radius 1 is 1.00 bits per heavy atom. The molecule has 1 atom stereocenters. The Hall–Kier alpha value is -1.87. The molecule has 3 heteroatoms. The summed E-state index contributed by atoms with van der Waals surface area (Å²) in [4.78, 5) is 3.99. The zero-order valence-corrected chi connectivity index (χ0v) is 11.8. The lowest BCUT2D eigenvalue weighted by Crippen LogP contribution is -2.02. The summed E-state index contributed by atoms with van der Waals surface area (Å²) in [6, 6.07) is 12.1.